The molecule has 0 aliphatic carbocycles. The molecule has 0 fully saturated rings. The van der Waals surface area contributed by atoms with Crippen molar-refractivity contribution in [2.75, 3.05) is 12.4 Å². The molecule has 0 bridgehead atoms. The minimum Gasteiger partial charge on any atom is -0.495 e. The summed E-state index contributed by atoms with van der Waals surface area (Å²) in [6.45, 7) is 5.18. The number of aliphatic carboxylic acids is 1. The van der Waals surface area contributed by atoms with Gasteiger partial charge < -0.3 is 15.2 Å². The summed E-state index contributed by atoms with van der Waals surface area (Å²) in [5, 5.41) is 12.0. The zero-order valence-electron chi connectivity index (χ0n) is 12.6. The van der Waals surface area contributed by atoms with Gasteiger partial charge >= 0.3 is 5.97 Å². The first-order valence-electron chi connectivity index (χ1n) is 6.57. The van der Waals surface area contributed by atoms with Crippen LogP contribution in [-0.4, -0.2) is 24.1 Å². The van der Waals surface area contributed by atoms with Crippen molar-refractivity contribution in [3.8, 4) is 5.75 Å². The summed E-state index contributed by atoms with van der Waals surface area (Å²) in [5.41, 5.74) is -0.527. The highest BCUT2D eigenvalue weighted by molar-refractivity contribution is 9.10. The van der Waals surface area contributed by atoms with E-state index >= 15 is 0 Å². The number of ether oxygens (including phenoxy) is 1. The Morgan fingerprint density at radius 2 is 2.05 bits per heavy atom. The first-order valence-corrected chi connectivity index (χ1v) is 7.36. The molecule has 1 aromatic carbocycles. The van der Waals surface area contributed by atoms with E-state index in [9.17, 15) is 14.7 Å². The first-order chi connectivity index (χ1) is 9.70. The van der Waals surface area contributed by atoms with Crippen molar-refractivity contribution in [2.24, 2.45) is 11.3 Å². The maximum atomic E-state index is 12.1. The Morgan fingerprint density at radius 1 is 1.43 bits per heavy atom. The van der Waals surface area contributed by atoms with Crippen molar-refractivity contribution in [1.29, 1.82) is 0 Å². The Morgan fingerprint density at radius 3 is 2.52 bits per heavy atom. The van der Waals surface area contributed by atoms with Crippen molar-refractivity contribution in [3.05, 3.63) is 22.7 Å². The van der Waals surface area contributed by atoms with Gasteiger partial charge in [-0.1, -0.05) is 13.8 Å². The lowest BCUT2D eigenvalue weighted by Gasteiger charge is -2.28. The van der Waals surface area contributed by atoms with E-state index in [4.69, 9.17) is 4.74 Å². The number of methoxy groups -OCH3 is 1. The molecule has 0 saturated carbocycles. The summed E-state index contributed by atoms with van der Waals surface area (Å²) in [6.07, 6.45) is -0.0849. The monoisotopic (exact) mass is 357 g/mol. The van der Waals surface area contributed by atoms with Gasteiger partial charge in [0.2, 0.25) is 5.91 Å². The number of benzene rings is 1. The smallest absolute Gasteiger partial charge is 0.310 e. The molecule has 0 spiro atoms. The van der Waals surface area contributed by atoms with Crippen LogP contribution >= 0.6 is 15.9 Å². The molecule has 0 aliphatic heterocycles. The summed E-state index contributed by atoms with van der Waals surface area (Å²) < 4.78 is 5.93. The molecular formula is C15H20BrNO4. The zero-order chi connectivity index (χ0) is 16.2. The number of carboxylic acids is 1. The molecule has 0 aliphatic rings. The van der Waals surface area contributed by atoms with Crippen molar-refractivity contribution in [1.82, 2.24) is 0 Å². The molecular weight excluding hydrogens is 338 g/mol. The topological polar surface area (TPSA) is 75.6 Å². The standard InChI is InChI=1S/C15H20BrNO4/c1-9(2)15(3,14(19)20)8-13(18)17-10-5-6-11(16)12(7-10)21-4/h5-7,9H,8H2,1-4H3,(H,17,18)(H,19,20). The van der Waals surface area contributed by atoms with Crippen LogP contribution in [0, 0.1) is 11.3 Å². The Kier molecular flexibility index (Phi) is 5.78. The number of rotatable bonds is 6. The molecule has 5 nitrogen and oxygen atoms in total. The van der Waals surface area contributed by atoms with Crippen LogP contribution in [0.5, 0.6) is 5.75 Å². The summed E-state index contributed by atoms with van der Waals surface area (Å²) in [7, 11) is 1.53. The van der Waals surface area contributed by atoms with Crippen molar-refractivity contribution >= 4 is 33.5 Å². The second kappa shape index (κ2) is 6.93. The third-order valence-electron chi connectivity index (χ3n) is 3.73. The lowest BCUT2D eigenvalue weighted by atomic mass is 9.76. The van der Waals surface area contributed by atoms with Crippen LogP contribution in [0.2, 0.25) is 0 Å². The second-order valence-corrected chi connectivity index (χ2v) is 6.31. The molecule has 6 heteroatoms. The fourth-order valence-electron chi connectivity index (χ4n) is 1.80. The van der Waals surface area contributed by atoms with Crippen molar-refractivity contribution in [3.63, 3.8) is 0 Å². The van der Waals surface area contributed by atoms with Gasteiger partial charge in [0.05, 0.1) is 17.0 Å². The lowest BCUT2D eigenvalue weighted by Crippen LogP contribution is -2.37. The van der Waals surface area contributed by atoms with Gasteiger partial charge in [0, 0.05) is 18.2 Å². The normalized spacial score (nSPS) is 13.6. The molecule has 1 rings (SSSR count). The predicted molar refractivity (Wildman–Crippen MR) is 84.5 cm³/mol. The van der Waals surface area contributed by atoms with Crippen LogP contribution in [0.4, 0.5) is 5.69 Å². The molecule has 1 unspecified atom stereocenters. The molecule has 0 aromatic heterocycles. The number of carbonyl (C=O) groups is 2. The molecule has 0 saturated heterocycles. The highest BCUT2D eigenvalue weighted by Crippen LogP contribution is 2.32. The van der Waals surface area contributed by atoms with Crippen molar-refractivity contribution in [2.45, 2.75) is 27.2 Å². The number of carboxylic acid groups (broad SMARTS) is 1. The summed E-state index contributed by atoms with van der Waals surface area (Å²) >= 11 is 3.33. The second-order valence-electron chi connectivity index (χ2n) is 5.45. The summed E-state index contributed by atoms with van der Waals surface area (Å²) in [5.74, 6) is -0.864. The van der Waals surface area contributed by atoms with Gasteiger partial charge in [0.15, 0.2) is 0 Å². The van der Waals surface area contributed by atoms with Gasteiger partial charge in [0.1, 0.15) is 5.75 Å². The fourth-order valence-corrected chi connectivity index (χ4v) is 2.21. The van der Waals surface area contributed by atoms with E-state index in [1.54, 1.807) is 39.0 Å². The van der Waals surface area contributed by atoms with Gasteiger partial charge in [-0.05, 0) is 40.9 Å². The number of nitrogens with one attached hydrogen (secondary N) is 1. The van der Waals surface area contributed by atoms with Gasteiger partial charge in [-0.25, -0.2) is 0 Å². The third-order valence-corrected chi connectivity index (χ3v) is 4.38. The molecule has 21 heavy (non-hydrogen) atoms. The van der Waals surface area contributed by atoms with Crippen LogP contribution < -0.4 is 10.1 Å². The van der Waals surface area contributed by atoms with E-state index in [2.05, 4.69) is 21.2 Å². The van der Waals surface area contributed by atoms with E-state index < -0.39 is 11.4 Å². The summed E-state index contributed by atoms with van der Waals surface area (Å²) in [4.78, 5) is 23.5. The highest BCUT2D eigenvalue weighted by Gasteiger charge is 2.38. The molecule has 116 valence electrons. The largest absolute Gasteiger partial charge is 0.495 e. The fraction of sp³-hybridized carbons (Fsp3) is 0.467. The van der Waals surface area contributed by atoms with E-state index in [-0.39, 0.29) is 18.2 Å². The van der Waals surface area contributed by atoms with E-state index in [0.717, 1.165) is 4.47 Å². The number of hydrogen-bond acceptors (Lipinski definition) is 3. The van der Waals surface area contributed by atoms with Crippen LogP contribution in [0.15, 0.2) is 22.7 Å². The average molecular weight is 358 g/mol. The molecule has 0 radical (unpaired) electrons. The third kappa shape index (κ3) is 4.20. The van der Waals surface area contributed by atoms with Gasteiger partial charge in [-0.3, -0.25) is 9.59 Å². The average Bonchev–Trinajstić information content (AvgIpc) is 2.40. The number of hydrogen-bond donors (Lipinski definition) is 2. The molecule has 0 heterocycles. The van der Waals surface area contributed by atoms with E-state index in [1.807, 2.05) is 0 Å². The Labute approximate surface area is 132 Å². The SMILES string of the molecule is COc1cc(NC(=O)CC(C)(C(=O)O)C(C)C)ccc1Br. The molecule has 2 N–H and O–H groups in total. The Hall–Kier alpha value is -1.56. The lowest BCUT2D eigenvalue weighted by molar-refractivity contribution is -0.153. The number of amides is 1. The van der Waals surface area contributed by atoms with Crippen LogP contribution in [-0.2, 0) is 9.59 Å². The minimum absolute atomic E-state index is 0.0849. The van der Waals surface area contributed by atoms with Gasteiger partial charge in [0.25, 0.3) is 0 Å². The molecule has 1 atom stereocenters. The van der Waals surface area contributed by atoms with Gasteiger partial charge in [-0.2, -0.15) is 0 Å². The number of carbonyl (C=O) groups excluding carboxylic acids is 1. The Bertz CT molecular complexity index is 544. The molecule has 1 amide bonds. The first kappa shape index (κ1) is 17.5. The Balaban J connectivity index is 2.84. The number of anilines is 1. The van der Waals surface area contributed by atoms with Gasteiger partial charge in [-0.15, -0.1) is 0 Å². The minimum atomic E-state index is -1.09. The van der Waals surface area contributed by atoms with E-state index in [0.29, 0.717) is 11.4 Å². The summed E-state index contributed by atoms with van der Waals surface area (Å²) in [6, 6.07) is 5.15. The molecule has 1 aromatic rings. The maximum absolute atomic E-state index is 12.1. The van der Waals surface area contributed by atoms with E-state index in [1.165, 1.54) is 7.11 Å². The number of halogens is 1. The van der Waals surface area contributed by atoms with Crippen LogP contribution in [0.1, 0.15) is 27.2 Å². The highest BCUT2D eigenvalue weighted by atomic mass is 79.9. The quantitative estimate of drug-likeness (QED) is 0.816. The van der Waals surface area contributed by atoms with Crippen molar-refractivity contribution < 1.29 is 19.4 Å². The predicted octanol–water partition coefficient (Wildman–Crippen LogP) is 3.53. The van der Waals surface area contributed by atoms with Crippen LogP contribution in [0.3, 0.4) is 0 Å². The maximum Gasteiger partial charge on any atom is 0.310 e. The van der Waals surface area contributed by atoms with Crippen LogP contribution in [0.25, 0.3) is 0 Å². The zero-order valence-corrected chi connectivity index (χ0v) is 14.2.